The summed E-state index contributed by atoms with van der Waals surface area (Å²) in [5.41, 5.74) is 0.0677. The van der Waals surface area contributed by atoms with Gasteiger partial charge in [-0.2, -0.15) is 11.8 Å². The van der Waals surface area contributed by atoms with Crippen LogP contribution in [0.5, 0.6) is 5.75 Å². The number of halogens is 1. The van der Waals surface area contributed by atoms with Gasteiger partial charge in [-0.3, -0.25) is 9.69 Å². The smallest absolute Gasteiger partial charge is 0.180 e. The minimum Gasteiger partial charge on any atom is -0.507 e. The van der Waals surface area contributed by atoms with Crippen molar-refractivity contribution < 1.29 is 14.3 Å². The van der Waals surface area contributed by atoms with E-state index in [1.165, 1.54) is 6.07 Å². The lowest BCUT2D eigenvalue weighted by atomic mass is 10.1. The van der Waals surface area contributed by atoms with Crippen LogP contribution in [0.4, 0.5) is 4.39 Å². The molecule has 0 saturated carbocycles. The maximum absolute atomic E-state index is 13.1. The number of hydrogen-bond acceptors (Lipinski definition) is 4. The normalized spacial score (nSPS) is 24.4. The molecule has 2 unspecified atom stereocenters. The number of rotatable bonds is 3. The van der Waals surface area contributed by atoms with E-state index in [0.29, 0.717) is 11.3 Å². The summed E-state index contributed by atoms with van der Waals surface area (Å²) in [6.45, 7) is 5.31. The number of hydrogen-bond donors (Lipinski definition) is 1. The highest BCUT2D eigenvalue weighted by Gasteiger charge is 2.27. The van der Waals surface area contributed by atoms with Crippen LogP contribution in [0, 0.1) is 5.82 Å². The minimum atomic E-state index is -0.503. The van der Waals surface area contributed by atoms with Crippen molar-refractivity contribution in [3.63, 3.8) is 0 Å². The Morgan fingerprint density at radius 2 is 2.26 bits per heavy atom. The second-order valence-corrected chi connectivity index (χ2v) is 6.36. The largest absolute Gasteiger partial charge is 0.507 e. The molecule has 104 valence electrons. The molecule has 2 rings (SSSR count). The lowest BCUT2D eigenvalue weighted by Crippen LogP contribution is -2.46. The van der Waals surface area contributed by atoms with Crippen LogP contribution in [0.2, 0.25) is 0 Å². The molecule has 5 heteroatoms. The number of benzene rings is 1. The molecule has 3 nitrogen and oxygen atoms in total. The van der Waals surface area contributed by atoms with E-state index in [1.807, 2.05) is 11.8 Å². The first-order valence-corrected chi connectivity index (χ1v) is 7.41. The third-order valence-corrected chi connectivity index (χ3v) is 4.96. The monoisotopic (exact) mass is 283 g/mol. The summed E-state index contributed by atoms with van der Waals surface area (Å²) in [4.78, 5) is 14.3. The van der Waals surface area contributed by atoms with Crippen molar-refractivity contribution in [3.8, 4) is 5.75 Å². The molecule has 1 aromatic carbocycles. The van der Waals surface area contributed by atoms with Crippen LogP contribution < -0.4 is 0 Å². The van der Waals surface area contributed by atoms with Gasteiger partial charge in [-0.25, -0.2) is 4.39 Å². The van der Waals surface area contributed by atoms with Crippen molar-refractivity contribution in [2.75, 3.05) is 18.8 Å². The number of phenols is 1. The van der Waals surface area contributed by atoms with Gasteiger partial charge in [0.2, 0.25) is 0 Å². The zero-order valence-corrected chi connectivity index (χ0v) is 11.9. The van der Waals surface area contributed by atoms with Gasteiger partial charge in [0.15, 0.2) is 5.78 Å². The summed E-state index contributed by atoms with van der Waals surface area (Å²) in [6.07, 6.45) is 0. The van der Waals surface area contributed by atoms with Gasteiger partial charge in [0.1, 0.15) is 11.6 Å². The maximum Gasteiger partial charge on any atom is 0.180 e. The Labute approximate surface area is 116 Å². The molecule has 0 spiro atoms. The number of phenolic OH excluding ortho intramolecular Hbond substituents is 1. The molecule has 19 heavy (non-hydrogen) atoms. The molecule has 1 N–H and O–H groups in total. The Kier molecular flexibility index (Phi) is 4.47. The number of aromatic hydroxyl groups is 1. The summed E-state index contributed by atoms with van der Waals surface area (Å²) in [5, 5.41) is 10.1. The minimum absolute atomic E-state index is 0.0677. The van der Waals surface area contributed by atoms with Gasteiger partial charge >= 0.3 is 0 Å². The molecule has 1 fully saturated rings. The molecular weight excluding hydrogens is 265 g/mol. The summed E-state index contributed by atoms with van der Waals surface area (Å²) >= 11 is 1.90. The number of Topliss-reactive ketones (excluding diaryl/α,β-unsaturated/α-hetero) is 1. The highest BCUT2D eigenvalue weighted by molar-refractivity contribution is 8.00. The predicted octanol–water partition coefficient (Wildman–Crippen LogP) is 2.54. The van der Waals surface area contributed by atoms with Gasteiger partial charge in [-0.15, -0.1) is 0 Å². The number of ketones is 1. The topological polar surface area (TPSA) is 40.5 Å². The van der Waals surface area contributed by atoms with Crippen LogP contribution in [0.25, 0.3) is 0 Å². The highest BCUT2D eigenvalue weighted by atomic mass is 32.2. The highest BCUT2D eigenvalue weighted by Crippen LogP contribution is 2.25. The molecule has 0 aliphatic carbocycles. The predicted molar refractivity (Wildman–Crippen MR) is 75.4 cm³/mol. The molecule has 0 bridgehead atoms. The van der Waals surface area contributed by atoms with E-state index in [1.54, 1.807) is 0 Å². The van der Waals surface area contributed by atoms with Crippen LogP contribution in [-0.4, -0.2) is 45.9 Å². The van der Waals surface area contributed by atoms with Crippen LogP contribution in [-0.2, 0) is 0 Å². The van der Waals surface area contributed by atoms with Gasteiger partial charge in [0, 0.05) is 23.6 Å². The second-order valence-electron chi connectivity index (χ2n) is 4.87. The van der Waals surface area contributed by atoms with Gasteiger partial charge in [0.25, 0.3) is 0 Å². The standard InChI is InChI=1S/C14H18FNO2S/c1-9-10(2)19-6-5-16(9)8-14(18)12-7-11(15)3-4-13(12)17/h3-4,7,9-10,17H,5-6,8H2,1-2H3. The zero-order chi connectivity index (χ0) is 14.0. The average molecular weight is 283 g/mol. The van der Waals surface area contributed by atoms with E-state index in [0.717, 1.165) is 24.4 Å². The summed E-state index contributed by atoms with van der Waals surface area (Å²) in [7, 11) is 0. The third kappa shape index (κ3) is 3.28. The SMILES string of the molecule is CC1SCCN(CC(=O)c2cc(F)ccc2O)C1C. The van der Waals surface area contributed by atoms with Gasteiger partial charge in [-0.05, 0) is 25.1 Å². The number of carbonyl (C=O) groups excluding carboxylic acids is 1. The van der Waals surface area contributed by atoms with Gasteiger partial charge in [0.05, 0.1) is 12.1 Å². The number of carbonyl (C=O) groups is 1. The molecule has 1 heterocycles. The second kappa shape index (κ2) is 5.92. The molecule has 1 saturated heterocycles. The van der Waals surface area contributed by atoms with Crippen molar-refractivity contribution >= 4 is 17.5 Å². The van der Waals surface area contributed by atoms with E-state index in [2.05, 4.69) is 18.7 Å². The van der Waals surface area contributed by atoms with E-state index in [9.17, 15) is 14.3 Å². The Bertz CT molecular complexity index is 481. The van der Waals surface area contributed by atoms with Crippen molar-refractivity contribution in [3.05, 3.63) is 29.6 Å². The lowest BCUT2D eigenvalue weighted by Gasteiger charge is -2.36. The van der Waals surface area contributed by atoms with Crippen LogP contribution in [0.1, 0.15) is 24.2 Å². The number of nitrogens with zero attached hydrogens (tertiary/aromatic N) is 1. The van der Waals surface area contributed by atoms with E-state index in [-0.39, 0.29) is 23.6 Å². The summed E-state index contributed by atoms with van der Waals surface area (Å²) < 4.78 is 13.1. The maximum atomic E-state index is 13.1. The van der Waals surface area contributed by atoms with Gasteiger partial charge < -0.3 is 5.11 Å². The van der Waals surface area contributed by atoms with E-state index in [4.69, 9.17) is 0 Å². The van der Waals surface area contributed by atoms with Crippen LogP contribution in [0.15, 0.2) is 18.2 Å². The van der Waals surface area contributed by atoms with E-state index < -0.39 is 5.82 Å². The molecule has 0 aromatic heterocycles. The lowest BCUT2D eigenvalue weighted by molar-refractivity contribution is 0.0899. The Morgan fingerprint density at radius 1 is 1.53 bits per heavy atom. The van der Waals surface area contributed by atoms with Crippen LogP contribution >= 0.6 is 11.8 Å². The van der Waals surface area contributed by atoms with Crippen molar-refractivity contribution in [1.29, 1.82) is 0 Å². The Hall–Kier alpha value is -1.07. The summed E-state index contributed by atoms with van der Waals surface area (Å²) in [6, 6.07) is 3.78. The first kappa shape index (κ1) is 14.3. The molecule has 2 atom stereocenters. The van der Waals surface area contributed by atoms with Crippen LogP contribution in [0.3, 0.4) is 0 Å². The van der Waals surface area contributed by atoms with Crippen molar-refractivity contribution in [2.45, 2.75) is 25.1 Å². The Morgan fingerprint density at radius 3 is 3.00 bits per heavy atom. The molecule has 0 radical (unpaired) electrons. The quantitative estimate of drug-likeness (QED) is 0.866. The van der Waals surface area contributed by atoms with Crippen molar-refractivity contribution in [2.24, 2.45) is 0 Å². The third-order valence-electron chi connectivity index (χ3n) is 3.62. The fourth-order valence-corrected chi connectivity index (χ4v) is 3.38. The molecular formula is C14H18FNO2S. The molecule has 1 aromatic rings. The fourth-order valence-electron chi connectivity index (χ4n) is 2.22. The first-order chi connectivity index (χ1) is 8.99. The first-order valence-electron chi connectivity index (χ1n) is 6.36. The van der Waals surface area contributed by atoms with Gasteiger partial charge in [-0.1, -0.05) is 6.92 Å². The summed E-state index contributed by atoms with van der Waals surface area (Å²) in [5.74, 6) is 0.103. The Balaban J connectivity index is 2.10. The zero-order valence-electron chi connectivity index (χ0n) is 11.1. The molecule has 1 aliphatic heterocycles. The van der Waals surface area contributed by atoms with Crippen molar-refractivity contribution in [1.82, 2.24) is 4.90 Å². The molecule has 1 aliphatic rings. The molecule has 0 amide bonds. The number of thioether (sulfide) groups is 1. The average Bonchev–Trinajstić information content (AvgIpc) is 2.38. The fraction of sp³-hybridized carbons (Fsp3) is 0.500. The van der Waals surface area contributed by atoms with E-state index >= 15 is 0 Å².